The fourth-order valence-electron chi connectivity index (χ4n) is 2.43. The standard InChI is InChI=1S/C12H25IN/c1-4-13-11(2)7-5-9-12(3,14)10-6-8-11/h4-10,14H2,1-3H3/q-1. The van der Waals surface area contributed by atoms with Crippen LogP contribution in [0.5, 0.6) is 0 Å². The fraction of sp³-hybridized carbons (Fsp3) is 1.00. The third-order valence-corrected chi connectivity index (χ3v) is 7.03. The summed E-state index contributed by atoms with van der Waals surface area (Å²) in [6.07, 6.45) is 8.03. The van der Waals surface area contributed by atoms with Crippen LogP contribution >= 0.6 is 0 Å². The van der Waals surface area contributed by atoms with E-state index in [2.05, 4.69) is 20.8 Å². The van der Waals surface area contributed by atoms with Gasteiger partial charge in [0.1, 0.15) is 0 Å². The van der Waals surface area contributed by atoms with Crippen molar-refractivity contribution in [1.29, 1.82) is 0 Å². The molecular formula is C12H25IN-. The molecule has 2 N–H and O–H groups in total. The second-order valence-corrected chi connectivity index (χ2v) is 10.1. The summed E-state index contributed by atoms with van der Waals surface area (Å²) in [5.74, 6) is 0. The van der Waals surface area contributed by atoms with Crippen molar-refractivity contribution in [3.8, 4) is 0 Å². The van der Waals surface area contributed by atoms with E-state index in [0.29, 0.717) is 21.2 Å². The Morgan fingerprint density at radius 2 is 1.57 bits per heavy atom. The van der Waals surface area contributed by atoms with Gasteiger partial charge in [0.2, 0.25) is 0 Å². The SMILES string of the molecule is CC[I-]C1(C)CCCC(C)(N)CCC1. The van der Waals surface area contributed by atoms with Crippen molar-refractivity contribution in [3.05, 3.63) is 0 Å². The van der Waals surface area contributed by atoms with E-state index < -0.39 is 0 Å². The topological polar surface area (TPSA) is 26.0 Å². The van der Waals surface area contributed by atoms with E-state index in [1.54, 1.807) is 0 Å². The molecule has 14 heavy (non-hydrogen) atoms. The zero-order chi connectivity index (χ0) is 10.7. The zero-order valence-electron chi connectivity index (χ0n) is 9.91. The Bertz CT molecular complexity index is 165. The number of alkyl halides is 2. The molecule has 1 aliphatic carbocycles. The molecule has 0 aliphatic heterocycles. The van der Waals surface area contributed by atoms with Gasteiger partial charge >= 0.3 is 99.6 Å². The van der Waals surface area contributed by atoms with Gasteiger partial charge in [0.05, 0.1) is 0 Å². The number of halogens is 1. The Balaban J connectivity index is 2.47. The molecule has 0 heterocycles. The van der Waals surface area contributed by atoms with E-state index in [1.807, 2.05) is 0 Å². The molecule has 0 unspecified atom stereocenters. The van der Waals surface area contributed by atoms with Gasteiger partial charge in [-0.25, -0.2) is 0 Å². The Morgan fingerprint density at radius 1 is 1.07 bits per heavy atom. The molecule has 0 bridgehead atoms. The third kappa shape index (κ3) is 4.05. The van der Waals surface area contributed by atoms with Crippen LogP contribution in [0.4, 0.5) is 0 Å². The van der Waals surface area contributed by atoms with Gasteiger partial charge in [-0.15, -0.1) is 0 Å². The second-order valence-electron chi connectivity index (χ2n) is 5.18. The monoisotopic (exact) mass is 310 g/mol. The van der Waals surface area contributed by atoms with Crippen molar-refractivity contribution in [1.82, 2.24) is 0 Å². The number of hydrogen-bond donors (Lipinski definition) is 1. The summed E-state index contributed by atoms with van der Waals surface area (Å²) < 4.78 is 2.17. The van der Waals surface area contributed by atoms with Crippen LogP contribution < -0.4 is 26.9 Å². The van der Waals surface area contributed by atoms with Crippen LogP contribution in [0.3, 0.4) is 0 Å². The van der Waals surface area contributed by atoms with E-state index in [9.17, 15) is 0 Å². The summed E-state index contributed by atoms with van der Waals surface area (Å²) in [5.41, 5.74) is 6.35. The second kappa shape index (κ2) is 5.15. The maximum absolute atomic E-state index is 6.22. The van der Waals surface area contributed by atoms with Crippen molar-refractivity contribution in [2.24, 2.45) is 5.73 Å². The molecule has 0 aromatic rings. The molecule has 0 saturated heterocycles. The molecule has 1 nitrogen and oxygen atoms in total. The van der Waals surface area contributed by atoms with Gasteiger partial charge < -0.3 is 0 Å². The van der Waals surface area contributed by atoms with Gasteiger partial charge in [-0.05, 0) is 0 Å². The van der Waals surface area contributed by atoms with Crippen LogP contribution in [-0.2, 0) is 0 Å². The summed E-state index contributed by atoms with van der Waals surface area (Å²) >= 11 is 0.421. The van der Waals surface area contributed by atoms with Gasteiger partial charge in [-0.1, -0.05) is 0 Å². The first-order valence-electron chi connectivity index (χ1n) is 5.87. The molecule has 2 heteroatoms. The fourth-order valence-corrected chi connectivity index (χ4v) is 5.80. The van der Waals surface area contributed by atoms with E-state index in [0.717, 1.165) is 3.42 Å². The zero-order valence-corrected chi connectivity index (χ0v) is 12.1. The Hall–Kier alpha value is 0.690. The third-order valence-electron chi connectivity index (χ3n) is 3.35. The van der Waals surface area contributed by atoms with Crippen molar-refractivity contribution in [2.75, 3.05) is 4.43 Å². The molecule has 1 saturated carbocycles. The molecule has 1 fully saturated rings. The molecule has 0 amide bonds. The van der Waals surface area contributed by atoms with Crippen molar-refractivity contribution in [3.63, 3.8) is 0 Å². The normalized spacial score (nSPS) is 40.6. The molecule has 86 valence electrons. The van der Waals surface area contributed by atoms with Crippen LogP contribution in [0.25, 0.3) is 0 Å². The van der Waals surface area contributed by atoms with E-state index in [4.69, 9.17) is 5.73 Å². The predicted molar refractivity (Wildman–Crippen MR) is 59.2 cm³/mol. The first-order valence-corrected chi connectivity index (χ1v) is 8.47. The van der Waals surface area contributed by atoms with E-state index in [1.165, 1.54) is 43.0 Å². The Morgan fingerprint density at radius 3 is 2.00 bits per heavy atom. The summed E-state index contributed by atoms with van der Waals surface area (Å²) in [7, 11) is 0. The summed E-state index contributed by atoms with van der Waals surface area (Å²) in [6.45, 7) is 7.10. The number of nitrogens with two attached hydrogens (primary N) is 1. The summed E-state index contributed by atoms with van der Waals surface area (Å²) in [6, 6.07) is 0. The average molecular weight is 310 g/mol. The quantitative estimate of drug-likeness (QED) is 0.561. The van der Waals surface area contributed by atoms with Crippen LogP contribution in [0.1, 0.15) is 59.3 Å². The molecule has 0 radical (unpaired) electrons. The van der Waals surface area contributed by atoms with Gasteiger partial charge in [0, 0.05) is 0 Å². The molecular weight excluding hydrogens is 285 g/mol. The van der Waals surface area contributed by atoms with Crippen LogP contribution in [-0.4, -0.2) is 13.4 Å². The Kier molecular flexibility index (Phi) is 4.69. The molecule has 0 spiro atoms. The molecule has 1 rings (SSSR count). The van der Waals surface area contributed by atoms with Crippen molar-refractivity contribution in [2.45, 2.75) is 68.3 Å². The van der Waals surface area contributed by atoms with Gasteiger partial charge in [0.25, 0.3) is 0 Å². The van der Waals surface area contributed by atoms with Crippen LogP contribution in [0.2, 0.25) is 0 Å². The van der Waals surface area contributed by atoms with Crippen LogP contribution in [0, 0.1) is 0 Å². The summed E-state index contributed by atoms with van der Waals surface area (Å²) in [5, 5.41) is 0. The maximum atomic E-state index is 6.22. The first kappa shape index (κ1) is 12.8. The minimum absolute atomic E-state index is 0.131. The van der Waals surface area contributed by atoms with Gasteiger partial charge in [-0.2, -0.15) is 0 Å². The van der Waals surface area contributed by atoms with Gasteiger partial charge in [-0.3, -0.25) is 0 Å². The predicted octanol–water partition coefficient (Wildman–Crippen LogP) is -0.0744. The first-order chi connectivity index (χ1) is 6.47. The molecule has 1 aliphatic rings. The van der Waals surface area contributed by atoms with E-state index in [-0.39, 0.29) is 5.54 Å². The molecule has 0 atom stereocenters. The number of hydrogen-bond acceptors (Lipinski definition) is 1. The van der Waals surface area contributed by atoms with E-state index >= 15 is 0 Å². The average Bonchev–Trinajstić information content (AvgIpc) is 2.01. The minimum atomic E-state index is 0.131. The van der Waals surface area contributed by atoms with Crippen molar-refractivity contribution >= 4 is 0 Å². The molecule has 0 aromatic carbocycles. The van der Waals surface area contributed by atoms with Gasteiger partial charge in [0.15, 0.2) is 0 Å². The molecule has 0 aromatic heterocycles. The summed E-state index contributed by atoms with van der Waals surface area (Å²) in [4.78, 5) is 0. The number of rotatable bonds is 2. The van der Waals surface area contributed by atoms with Crippen molar-refractivity contribution < 1.29 is 21.2 Å². The Labute approximate surface area is 99.5 Å². The van der Waals surface area contributed by atoms with Crippen LogP contribution in [0.15, 0.2) is 0 Å².